The Morgan fingerprint density at radius 1 is 1.14 bits per heavy atom. The molecule has 1 fully saturated rings. The van der Waals surface area contributed by atoms with Gasteiger partial charge in [0.05, 0.1) is 24.6 Å². The molecule has 4 amide bonds. The van der Waals surface area contributed by atoms with Gasteiger partial charge < -0.3 is 10.6 Å². The minimum absolute atomic E-state index is 0.0164. The monoisotopic (exact) mass is 428 g/mol. The number of likely N-dealkylation sites (N-methyl/N-ethyl adjacent to an activating group) is 1. The highest BCUT2D eigenvalue weighted by Gasteiger charge is 2.29. The third kappa shape index (κ3) is 8.16. The first-order valence-electron chi connectivity index (χ1n) is 9.21. The summed E-state index contributed by atoms with van der Waals surface area (Å²) in [5.74, 6) is -1.39. The molecule has 0 aliphatic carbocycles. The average Bonchev–Trinajstić information content (AvgIpc) is 2.98. The van der Waals surface area contributed by atoms with Gasteiger partial charge in [0.15, 0.2) is 9.84 Å². The Morgan fingerprint density at radius 2 is 1.79 bits per heavy atom. The first kappa shape index (κ1) is 22.8. The number of rotatable bonds is 8. The molecule has 0 spiro atoms. The number of amides is 4. The van der Waals surface area contributed by atoms with E-state index in [2.05, 4.69) is 16.0 Å². The van der Waals surface area contributed by atoms with E-state index in [1.54, 1.807) is 24.0 Å². The van der Waals surface area contributed by atoms with E-state index in [4.69, 9.17) is 0 Å². The maximum atomic E-state index is 12.9. The van der Waals surface area contributed by atoms with E-state index in [0.29, 0.717) is 13.0 Å². The van der Waals surface area contributed by atoms with Gasteiger partial charge in [0, 0.05) is 12.6 Å². The number of imide groups is 1. The lowest BCUT2D eigenvalue weighted by Crippen LogP contribution is -2.49. The molecule has 1 aliphatic rings. The highest BCUT2D eigenvalue weighted by atomic mass is 32.2. The Bertz CT molecular complexity index is 844. The first-order valence-corrected chi connectivity index (χ1v) is 11.0. The molecule has 0 radical (unpaired) electrons. The number of nitrogens with one attached hydrogen (secondary N) is 3. The molecule has 0 aromatic heterocycles. The van der Waals surface area contributed by atoms with E-state index in [1.807, 2.05) is 0 Å². The van der Waals surface area contributed by atoms with E-state index in [9.17, 15) is 27.2 Å². The van der Waals surface area contributed by atoms with Crippen molar-refractivity contribution in [2.45, 2.75) is 25.9 Å². The summed E-state index contributed by atoms with van der Waals surface area (Å²) in [5, 5.41) is 7.29. The van der Waals surface area contributed by atoms with Crippen molar-refractivity contribution in [1.82, 2.24) is 20.9 Å². The molecule has 3 N–H and O–H groups in total. The van der Waals surface area contributed by atoms with Crippen molar-refractivity contribution in [2.24, 2.45) is 0 Å². The molecular formula is C18H25FN4O5S. The quantitative estimate of drug-likeness (QED) is 0.526. The molecule has 1 aliphatic heterocycles. The van der Waals surface area contributed by atoms with Crippen LogP contribution in [-0.2, 0) is 26.0 Å². The van der Waals surface area contributed by atoms with Gasteiger partial charge in [-0.2, -0.15) is 0 Å². The van der Waals surface area contributed by atoms with Crippen molar-refractivity contribution < 1.29 is 27.2 Å². The van der Waals surface area contributed by atoms with Gasteiger partial charge in [0.25, 0.3) is 0 Å². The van der Waals surface area contributed by atoms with Crippen molar-refractivity contribution >= 4 is 27.7 Å². The highest BCUT2D eigenvalue weighted by molar-refractivity contribution is 7.91. The smallest absolute Gasteiger partial charge is 0.321 e. The summed E-state index contributed by atoms with van der Waals surface area (Å²) in [6, 6.07) is 4.47. The van der Waals surface area contributed by atoms with Crippen LogP contribution >= 0.6 is 0 Å². The van der Waals surface area contributed by atoms with Crippen molar-refractivity contribution in [2.75, 3.05) is 31.1 Å². The molecule has 0 saturated carbocycles. The van der Waals surface area contributed by atoms with Crippen molar-refractivity contribution in [3.05, 3.63) is 35.6 Å². The lowest BCUT2D eigenvalue weighted by Gasteiger charge is -2.19. The van der Waals surface area contributed by atoms with Crippen LogP contribution in [0.15, 0.2) is 24.3 Å². The highest BCUT2D eigenvalue weighted by Crippen LogP contribution is 2.10. The van der Waals surface area contributed by atoms with Gasteiger partial charge in [0.2, 0.25) is 11.8 Å². The van der Waals surface area contributed by atoms with E-state index in [-0.39, 0.29) is 42.9 Å². The second-order valence-corrected chi connectivity index (χ2v) is 9.06. The summed E-state index contributed by atoms with van der Waals surface area (Å²) in [7, 11) is -3.13. The van der Waals surface area contributed by atoms with Crippen LogP contribution in [0.25, 0.3) is 0 Å². The summed E-state index contributed by atoms with van der Waals surface area (Å²) in [6.07, 6.45) is 0.319. The molecule has 1 heterocycles. The number of carbonyl (C=O) groups excluding carboxylic acids is 3. The summed E-state index contributed by atoms with van der Waals surface area (Å²) < 4.78 is 35.7. The molecule has 0 unspecified atom stereocenters. The lowest BCUT2D eigenvalue weighted by molar-refractivity contribution is -0.124. The maximum Gasteiger partial charge on any atom is 0.321 e. The van der Waals surface area contributed by atoms with Gasteiger partial charge in [-0.05, 0) is 30.7 Å². The minimum atomic E-state index is -3.13. The molecule has 1 atom stereocenters. The van der Waals surface area contributed by atoms with Crippen molar-refractivity contribution in [3.63, 3.8) is 0 Å². The van der Waals surface area contributed by atoms with Crippen LogP contribution < -0.4 is 16.0 Å². The van der Waals surface area contributed by atoms with Crippen molar-refractivity contribution in [1.29, 1.82) is 0 Å². The fourth-order valence-electron chi connectivity index (χ4n) is 2.84. The van der Waals surface area contributed by atoms with Gasteiger partial charge >= 0.3 is 6.03 Å². The Kier molecular flexibility index (Phi) is 8.09. The third-order valence-electron chi connectivity index (χ3n) is 4.41. The number of hydrogen-bond acceptors (Lipinski definition) is 6. The van der Waals surface area contributed by atoms with E-state index >= 15 is 0 Å². The Balaban J connectivity index is 1.71. The molecule has 29 heavy (non-hydrogen) atoms. The maximum absolute atomic E-state index is 12.9. The molecule has 1 aromatic carbocycles. The van der Waals surface area contributed by atoms with Crippen LogP contribution in [0.4, 0.5) is 9.18 Å². The molecule has 1 aromatic rings. The standard InChI is InChI=1S/C18H25FN4O5S/c1-2-23(10-16(24)20-9-13-3-5-14(19)6-4-13)11-17(25)22-18(26)21-15-7-8-29(27,28)12-15/h3-6,15H,2,7-12H2,1H3,(H,20,24)(H2,21,22,25,26)/t15-/m0/s1. The zero-order chi connectivity index (χ0) is 21.4. The van der Waals surface area contributed by atoms with Gasteiger partial charge in [-0.25, -0.2) is 17.6 Å². The molecule has 0 bridgehead atoms. The molecule has 9 nitrogen and oxygen atoms in total. The summed E-state index contributed by atoms with van der Waals surface area (Å²) in [6.45, 7) is 2.18. The Morgan fingerprint density at radius 3 is 2.38 bits per heavy atom. The third-order valence-corrected chi connectivity index (χ3v) is 6.17. The van der Waals surface area contributed by atoms with Gasteiger partial charge in [-0.1, -0.05) is 19.1 Å². The second-order valence-electron chi connectivity index (χ2n) is 6.83. The number of hydrogen-bond donors (Lipinski definition) is 3. The molecule has 1 saturated heterocycles. The van der Waals surface area contributed by atoms with Crippen LogP contribution in [0.5, 0.6) is 0 Å². The molecular weight excluding hydrogens is 403 g/mol. The zero-order valence-electron chi connectivity index (χ0n) is 16.1. The number of halogens is 1. The fraction of sp³-hybridized carbons (Fsp3) is 0.500. The van der Waals surface area contributed by atoms with E-state index in [1.165, 1.54) is 12.1 Å². The van der Waals surface area contributed by atoms with Crippen LogP contribution in [0.2, 0.25) is 0 Å². The first-order chi connectivity index (χ1) is 13.7. The summed E-state index contributed by atoms with van der Waals surface area (Å²) in [4.78, 5) is 37.4. The SMILES string of the molecule is CCN(CC(=O)NCc1ccc(F)cc1)CC(=O)NC(=O)N[C@H]1CCS(=O)(=O)C1. The van der Waals surface area contributed by atoms with Gasteiger partial charge in [0.1, 0.15) is 5.82 Å². The summed E-state index contributed by atoms with van der Waals surface area (Å²) in [5.41, 5.74) is 0.742. The van der Waals surface area contributed by atoms with E-state index in [0.717, 1.165) is 5.56 Å². The number of nitrogens with zero attached hydrogens (tertiary/aromatic N) is 1. The van der Waals surface area contributed by atoms with Crippen LogP contribution in [-0.4, -0.2) is 68.3 Å². The Hall–Kier alpha value is -2.53. The summed E-state index contributed by atoms with van der Waals surface area (Å²) >= 11 is 0. The second kappa shape index (κ2) is 10.3. The van der Waals surface area contributed by atoms with Crippen LogP contribution in [0.3, 0.4) is 0 Å². The average molecular weight is 428 g/mol. The largest absolute Gasteiger partial charge is 0.351 e. The molecule has 11 heteroatoms. The van der Waals surface area contributed by atoms with Crippen molar-refractivity contribution in [3.8, 4) is 0 Å². The van der Waals surface area contributed by atoms with Gasteiger partial charge in [-0.15, -0.1) is 0 Å². The molecule has 160 valence electrons. The molecule has 2 rings (SSSR count). The zero-order valence-corrected chi connectivity index (χ0v) is 16.9. The number of carbonyl (C=O) groups is 3. The normalized spacial score (nSPS) is 17.7. The number of sulfone groups is 1. The Labute approximate surface area is 168 Å². The predicted molar refractivity (Wildman–Crippen MR) is 104 cm³/mol. The van der Waals surface area contributed by atoms with Crippen LogP contribution in [0.1, 0.15) is 18.9 Å². The van der Waals surface area contributed by atoms with Crippen LogP contribution in [0, 0.1) is 5.82 Å². The predicted octanol–water partition coefficient (Wildman–Crippen LogP) is -0.223. The fourth-order valence-corrected chi connectivity index (χ4v) is 4.51. The number of urea groups is 1. The number of benzene rings is 1. The minimum Gasteiger partial charge on any atom is -0.351 e. The topological polar surface area (TPSA) is 125 Å². The lowest BCUT2D eigenvalue weighted by atomic mass is 10.2. The van der Waals surface area contributed by atoms with E-state index < -0.39 is 27.8 Å². The van der Waals surface area contributed by atoms with Gasteiger partial charge in [-0.3, -0.25) is 19.8 Å².